The van der Waals surface area contributed by atoms with E-state index in [0.29, 0.717) is 42.4 Å². The van der Waals surface area contributed by atoms with E-state index < -0.39 is 0 Å². The molecular formula is C19H26N4O3S. The minimum atomic E-state index is -0.204. The molecule has 2 amide bonds. The summed E-state index contributed by atoms with van der Waals surface area (Å²) in [6, 6.07) is 7.11. The summed E-state index contributed by atoms with van der Waals surface area (Å²) >= 11 is 1.41. The van der Waals surface area contributed by atoms with Crippen LogP contribution in [-0.4, -0.2) is 35.2 Å². The summed E-state index contributed by atoms with van der Waals surface area (Å²) in [4.78, 5) is 24.2. The second-order valence-electron chi connectivity index (χ2n) is 5.94. The predicted octanol–water partition coefficient (Wildman–Crippen LogP) is 3.43. The first-order valence-corrected chi connectivity index (χ1v) is 10.1. The van der Waals surface area contributed by atoms with Gasteiger partial charge in [0.2, 0.25) is 11.0 Å². The summed E-state index contributed by atoms with van der Waals surface area (Å²) in [5.41, 5.74) is 0.497. The molecule has 0 aliphatic heterocycles. The van der Waals surface area contributed by atoms with Crippen molar-refractivity contribution >= 4 is 28.3 Å². The van der Waals surface area contributed by atoms with Crippen LogP contribution in [0.5, 0.6) is 5.75 Å². The van der Waals surface area contributed by atoms with Crippen LogP contribution in [0.15, 0.2) is 24.3 Å². The van der Waals surface area contributed by atoms with Gasteiger partial charge in [-0.15, -0.1) is 10.2 Å². The van der Waals surface area contributed by atoms with Gasteiger partial charge >= 0.3 is 0 Å². The van der Waals surface area contributed by atoms with Gasteiger partial charge in [-0.3, -0.25) is 9.59 Å². The van der Waals surface area contributed by atoms with Crippen LogP contribution in [0.25, 0.3) is 0 Å². The molecule has 0 spiro atoms. The Balaban J connectivity index is 1.71. The first-order valence-electron chi connectivity index (χ1n) is 9.26. The van der Waals surface area contributed by atoms with Crippen LogP contribution in [0.2, 0.25) is 0 Å². The quantitative estimate of drug-likeness (QED) is 0.574. The van der Waals surface area contributed by atoms with E-state index in [0.717, 1.165) is 24.3 Å². The first-order chi connectivity index (χ1) is 13.1. The van der Waals surface area contributed by atoms with Gasteiger partial charge in [0.05, 0.1) is 12.2 Å². The van der Waals surface area contributed by atoms with Crippen LogP contribution in [0.1, 0.15) is 54.9 Å². The molecule has 0 fully saturated rings. The molecule has 2 rings (SSSR count). The number of nitrogens with zero attached hydrogens (tertiary/aromatic N) is 2. The Labute approximate surface area is 163 Å². The smallest absolute Gasteiger partial charge is 0.255 e. The Morgan fingerprint density at radius 1 is 1.15 bits per heavy atom. The van der Waals surface area contributed by atoms with E-state index in [1.165, 1.54) is 11.3 Å². The molecule has 2 N–H and O–H groups in total. The monoisotopic (exact) mass is 390 g/mol. The van der Waals surface area contributed by atoms with Crippen LogP contribution in [-0.2, 0) is 11.2 Å². The minimum absolute atomic E-state index is 0.128. The Hall–Kier alpha value is -2.48. The number of carbonyl (C=O) groups is 2. The topological polar surface area (TPSA) is 93.2 Å². The van der Waals surface area contributed by atoms with E-state index >= 15 is 0 Å². The molecule has 0 unspecified atom stereocenters. The number of aromatic nitrogens is 2. The molecule has 1 aromatic heterocycles. The van der Waals surface area contributed by atoms with Crippen molar-refractivity contribution in [2.24, 2.45) is 0 Å². The highest BCUT2D eigenvalue weighted by Crippen LogP contribution is 2.18. The number of para-hydroxylation sites is 1. The fraction of sp³-hybridized carbons (Fsp3) is 0.474. The van der Waals surface area contributed by atoms with Gasteiger partial charge in [-0.2, -0.15) is 0 Å². The predicted molar refractivity (Wildman–Crippen MR) is 106 cm³/mol. The van der Waals surface area contributed by atoms with Crippen molar-refractivity contribution in [1.29, 1.82) is 0 Å². The summed E-state index contributed by atoms with van der Waals surface area (Å²) in [5, 5.41) is 15.1. The molecule has 8 heteroatoms. The van der Waals surface area contributed by atoms with E-state index in [-0.39, 0.29) is 11.8 Å². The highest BCUT2D eigenvalue weighted by Gasteiger charge is 2.12. The van der Waals surface area contributed by atoms with E-state index in [1.54, 1.807) is 18.2 Å². The minimum Gasteiger partial charge on any atom is -0.493 e. The Bertz CT molecular complexity index is 748. The molecule has 27 heavy (non-hydrogen) atoms. The average molecular weight is 391 g/mol. The van der Waals surface area contributed by atoms with Gasteiger partial charge in [-0.25, -0.2) is 0 Å². The van der Waals surface area contributed by atoms with Crippen LogP contribution < -0.4 is 15.4 Å². The number of rotatable bonds is 11. The number of hydrogen-bond donors (Lipinski definition) is 2. The lowest BCUT2D eigenvalue weighted by atomic mass is 10.2. The lowest BCUT2D eigenvalue weighted by molar-refractivity contribution is -0.116. The van der Waals surface area contributed by atoms with E-state index in [4.69, 9.17) is 4.74 Å². The van der Waals surface area contributed by atoms with Gasteiger partial charge in [-0.1, -0.05) is 36.8 Å². The maximum absolute atomic E-state index is 12.3. The summed E-state index contributed by atoms with van der Waals surface area (Å²) in [6.07, 6.45) is 3.89. The molecule has 1 heterocycles. The Morgan fingerprint density at radius 3 is 2.74 bits per heavy atom. The maximum Gasteiger partial charge on any atom is 0.255 e. The van der Waals surface area contributed by atoms with Gasteiger partial charge in [0.15, 0.2) is 0 Å². The maximum atomic E-state index is 12.3. The zero-order valence-electron chi connectivity index (χ0n) is 15.8. The fourth-order valence-corrected chi connectivity index (χ4v) is 3.19. The first kappa shape index (κ1) is 20.8. The van der Waals surface area contributed by atoms with Crippen molar-refractivity contribution in [3.05, 3.63) is 34.8 Å². The number of unbranched alkanes of at least 4 members (excludes halogenated alkanes) is 1. The SMILES string of the molecule is CCCCc1nnc(NC(=O)CCCNC(=O)c2ccccc2OCC)s1. The molecule has 0 aliphatic carbocycles. The average Bonchev–Trinajstić information content (AvgIpc) is 3.11. The van der Waals surface area contributed by atoms with Crippen molar-refractivity contribution in [3.8, 4) is 5.75 Å². The van der Waals surface area contributed by atoms with E-state index in [9.17, 15) is 9.59 Å². The number of aryl methyl sites for hydroxylation is 1. The van der Waals surface area contributed by atoms with Gasteiger partial charge in [-0.05, 0) is 31.9 Å². The molecule has 146 valence electrons. The third-order valence-electron chi connectivity index (χ3n) is 3.76. The van der Waals surface area contributed by atoms with Gasteiger partial charge in [0.25, 0.3) is 5.91 Å². The van der Waals surface area contributed by atoms with Crippen molar-refractivity contribution < 1.29 is 14.3 Å². The fourth-order valence-electron chi connectivity index (χ4n) is 2.40. The van der Waals surface area contributed by atoms with E-state index in [2.05, 4.69) is 27.8 Å². The van der Waals surface area contributed by atoms with Crippen molar-refractivity contribution in [1.82, 2.24) is 15.5 Å². The molecule has 0 aliphatic rings. The van der Waals surface area contributed by atoms with E-state index in [1.807, 2.05) is 13.0 Å². The highest BCUT2D eigenvalue weighted by atomic mass is 32.1. The third-order valence-corrected chi connectivity index (χ3v) is 4.65. The van der Waals surface area contributed by atoms with Gasteiger partial charge in [0, 0.05) is 19.4 Å². The van der Waals surface area contributed by atoms with Crippen molar-refractivity contribution in [3.63, 3.8) is 0 Å². The molecule has 2 aromatic rings. The number of carbonyl (C=O) groups excluding carboxylic acids is 2. The molecule has 0 radical (unpaired) electrons. The number of amides is 2. The van der Waals surface area contributed by atoms with Gasteiger partial charge < -0.3 is 15.4 Å². The summed E-state index contributed by atoms with van der Waals surface area (Å²) < 4.78 is 5.46. The number of anilines is 1. The Morgan fingerprint density at radius 2 is 1.96 bits per heavy atom. The lowest BCUT2D eigenvalue weighted by Gasteiger charge is -2.10. The number of nitrogens with one attached hydrogen (secondary N) is 2. The van der Waals surface area contributed by atoms with Crippen molar-refractivity contribution in [2.45, 2.75) is 46.0 Å². The molecule has 1 aromatic carbocycles. The largest absolute Gasteiger partial charge is 0.493 e. The molecule has 0 saturated carbocycles. The van der Waals surface area contributed by atoms with Crippen LogP contribution in [0.3, 0.4) is 0 Å². The highest BCUT2D eigenvalue weighted by molar-refractivity contribution is 7.15. The Kier molecular flexibility index (Phi) is 8.70. The number of ether oxygens (including phenoxy) is 1. The van der Waals surface area contributed by atoms with Crippen LogP contribution >= 0.6 is 11.3 Å². The summed E-state index contributed by atoms with van der Waals surface area (Å²) in [6.45, 7) is 4.90. The zero-order valence-corrected chi connectivity index (χ0v) is 16.6. The number of benzene rings is 1. The third kappa shape index (κ3) is 6.97. The molecule has 0 atom stereocenters. The van der Waals surface area contributed by atoms with Crippen LogP contribution in [0, 0.1) is 0 Å². The second kappa shape index (κ2) is 11.3. The van der Waals surface area contributed by atoms with Crippen molar-refractivity contribution in [2.75, 3.05) is 18.5 Å². The number of hydrogen-bond acceptors (Lipinski definition) is 6. The molecule has 0 saturated heterocycles. The standard InChI is InChI=1S/C19H26N4O3S/c1-3-5-12-17-22-23-19(27-17)21-16(24)11-8-13-20-18(25)14-9-6-7-10-15(14)26-4-2/h6-7,9-10H,3-5,8,11-13H2,1-2H3,(H,20,25)(H,21,23,24). The van der Waals surface area contributed by atoms with Crippen LogP contribution in [0.4, 0.5) is 5.13 Å². The van der Waals surface area contributed by atoms with Gasteiger partial charge in [0.1, 0.15) is 10.8 Å². The molecule has 7 nitrogen and oxygen atoms in total. The zero-order chi connectivity index (χ0) is 19.5. The molecular weight excluding hydrogens is 364 g/mol. The summed E-state index contributed by atoms with van der Waals surface area (Å²) in [5.74, 6) is 0.228. The molecule has 0 bridgehead atoms. The lowest BCUT2D eigenvalue weighted by Crippen LogP contribution is -2.26. The second-order valence-corrected chi connectivity index (χ2v) is 7.00. The summed E-state index contributed by atoms with van der Waals surface area (Å²) in [7, 11) is 0. The normalized spacial score (nSPS) is 10.4.